The molecule has 13 heteroatoms. The van der Waals surface area contributed by atoms with Crippen LogP contribution >= 0.6 is 11.6 Å². The first-order valence-corrected chi connectivity index (χ1v) is 10.5. The first-order valence-electron chi connectivity index (χ1n) is 8.23. The highest BCUT2D eigenvalue weighted by atomic mass is 35.5. The molecular weight excluding hydrogens is 450 g/mol. The van der Waals surface area contributed by atoms with Crippen LogP contribution in [0.15, 0.2) is 35.6 Å². The quantitative estimate of drug-likeness (QED) is 0.556. The minimum atomic E-state index is -4.65. The molecule has 2 aromatic heterocycles. The maximum absolute atomic E-state index is 13.6. The summed E-state index contributed by atoms with van der Waals surface area (Å²) in [5.41, 5.74) is -0.564. The number of aryl methyl sites for hydroxylation is 1. The lowest BCUT2D eigenvalue weighted by atomic mass is 10.1. The summed E-state index contributed by atoms with van der Waals surface area (Å²) in [6.45, 7) is 1.50. The van der Waals surface area contributed by atoms with Crippen LogP contribution in [0.4, 0.5) is 23.4 Å². The number of nitrogens with one attached hydrogen (secondary N) is 2. The second kappa shape index (κ2) is 7.84. The first kappa shape index (κ1) is 22.0. The number of hydrogen-bond donors (Lipinski definition) is 2. The molecule has 160 valence electrons. The van der Waals surface area contributed by atoms with Gasteiger partial charge in [0.1, 0.15) is 23.5 Å². The van der Waals surface area contributed by atoms with Crippen LogP contribution in [-0.2, 0) is 16.0 Å². The van der Waals surface area contributed by atoms with Crippen molar-refractivity contribution in [3.63, 3.8) is 0 Å². The summed E-state index contributed by atoms with van der Waals surface area (Å²) in [4.78, 5) is 13.9. The number of halogens is 5. The van der Waals surface area contributed by atoms with E-state index >= 15 is 0 Å². The Bertz CT molecular complexity index is 1180. The third kappa shape index (κ3) is 4.70. The Balaban J connectivity index is 2.05. The number of benzene rings is 1. The molecule has 2 N–H and O–H groups in total. The van der Waals surface area contributed by atoms with Gasteiger partial charge in [-0.1, -0.05) is 17.7 Å². The van der Waals surface area contributed by atoms with Gasteiger partial charge in [0.05, 0.1) is 23.1 Å². The van der Waals surface area contributed by atoms with Crippen molar-refractivity contribution in [3.8, 4) is 0 Å². The Morgan fingerprint density at radius 3 is 2.40 bits per heavy atom. The van der Waals surface area contributed by atoms with Crippen LogP contribution in [0.2, 0.25) is 5.02 Å². The summed E-state index contributed by atoms with van der Waals surface area (Å²) >= 11 is 5.85. The van der Waals surface area contributed by atoms with Crippen LogP contribution in [0.5, 0.6) is 0 Å². The SMILES string of the molecule is Cc1[nH]c([C@@H](Nc2cnc(C(F)(F)F)cn2)c2ccc(F)c(Cl)c2)nc1S(C)(=O)=O. The van der Waals surface area contributed by atoms with Gasteiger partial charge in [0, 0.05) is 6.26 Å². The van der Waals surface area contributed by atoms with Crippen molar-refractivity contribution in [2.75, 3.05) is 11.6 Å². The summed E-state index contributed by atoms with van der Waals surface area (Å²) in [7, 11) is -3.65. The average Bonchev–Trinajstić information content (AvgIpc) is 3.03. The summed E-state index contributed by atoms with van der Waals surface area (Å²) in [5, 5.41) is 2.42. The van der Waals surface area contributed by atoms with E-state index in [4.69, 9.17) is 11.6 Å². The smallest absolute Gasteiger partial charge is 0.355 e. The van der Waals surface area contributed by atoms with Crippen molar-refractivity contribution in [3.05, 3.63) is 64.2 Å². The Kier molecular flexibility index (Phi) is 5.74. The lowest BCUT2D eigenvalue weighted by Gasteiger charge is -2.18. The van der Waals surface area contributed by atoms with Gasteiger partial charge in [0.15, 0.2) is 20.6 Å². The van der Waals surface area contributed by atoms with E-state index in [1.54, 1.807) is 0 Å². The molecule has 2 heterocycles. The number of hydrogen-bond acceptors (Lipinski definition) is 6. The molecule has 30 heavy (non-hydrogen) atoms. The fraction of sp³-hybridized carbons (Fsp3) is 0.235. The number of rotatable bonds is 5. The number of alkyl halides is 3. The zero-order valence-electron chi connectivity index (χ0n) is 15.4. The van der Waals surface area contributed by atoms with Crippen LogP contribution in [0, 0.1) is 12.7 Å². The molecule has 0 spiro atoms. The van der Waals surface area contributed by atoms with Gasteiger partial charge in [-0.05, 0) is 24.6 Å². The van der Waals surface area contributed by atoms with E-state index in [-0.39, 0.29) is 27.4 Å². The monoisotopic (exact) mass is 463 g/mol. The molecule has 0 saturated heterocycles. The maximum Gasteiger partial charge on any atom is 0.434 e. The number of nitrogens with zero attached hydrogens (tertiary/aromatic N) is 3. The van der Waals surface area contributed by atoms with E-state index in [1.807, 2.05) is 0 Å². The molecule has 0 amide bonds. The molecule has 0 aliphatic heterocycles. The summed E-state index contributed by atoms with van der Waals surface area (Å²) in [6, 6.07) is 2.81. The Hall–Kier alpha value is -2.73. The fourth-order valence-corrected chi connectivity index (χ4v) is 3.72. The molecule has 0 unspecified atom stereocenters. The second-order valence-corrected chi connectivity index (χ2v) is 8.70. The largest absolute Gasteiger partial charge is 0.434 e. The van der Waals surface area contributed by atoms with Crippen molar-refractivity contribution >= 4 is 27.3 Å². The molecular formula is C17H14ClF4N5O2S. The highest BCUT2D eigenvalue weighted by Crippen LogP contribution is 2.30. The van der Waals surface area contributed by atoms with Crippen molar-refractivity contribution in [2.45, 2.75) is 24.2 Å². The topological polar surface area (TPSA) is 101 Å². The molecule has 7 nitrogen and oxygen atoms in total. The number of H-pyrrole nitrogens is 1. The molecule has 0 saturated carbocycles. The van der Waals surface area contributed by atoms with Crippen LogP contribution in [0.25, 0.3) is 0 Å². The van der Waals surface area contributed by atoms with Gasteiger partial charge in [-0.15, -0.1) is 0 Å². The van der Waals surface area contributed by atoms with Gasteiger partial charge >= 0.3 is 6.18 Å². The van der Waals surface area contributed by atoms with E-state index in [9.17, 15) is 26.0 Å². The predicted molar refractivity (Wildman–Crippen MR) is 100 cm³/mol. The molecule has 3 rings (SSSR count). The molecule has 1 atom stereocenters. The molecule has 0 aliphatic rings. The van der Waals surface area contributed by atoms with E-state index < -0.39 is 33.6 Å². The Labute approximate surface area is 173 Å². The van der Waals surface area contributed by atoms with Crippen molar-refractivity contribution in [2.24, 2.45) is 0 Å². The lowest BCUT2D eigenvalue weighted by Crippen LogP contribution is -2.16. The summed E-state index contributed by atoms with van der Waals surface area (Å²) < 4.78 is 75.5. The first-order chi connectivity index (χ1) is 13.9. The highest BCUT2D eigenvalue weighted by molar-refractivity contribution is 7.90. The van der Waals surface area contributed by atoms with Gasteiger partial charge in [0.2, 0.25) is 0 Å². The fourth-order valence-electron chi connectivity index (χ4n) is 2.66. The number of anilines is 1. The summed E-state index contributed by atoms with van der Waals surface area (Å²) in [6.07, 6.45) is -2.25. The minimum Gasteiger partial charge on any atom is -0.355 e. The Morgan fingerprint density at radius 1 is 1.20 bits per heavy atom. The zero-order valence-corrected chi connectivity index (χ0v) is 17.0. The molecule has 0 bridgehead atoms. The lowest BCUT2D eigenvalue weighted by molar-refractivity contribution is -0.141. The van der Waals surface area contributed by atoms with E-state index in [0.29, 0.717) is 11.8 Å². The van der Waals surface area contributed by atoms with Gasteiger partial charge in [-0.3, -0.25) is 0 Å². The van der Waals surface area contributed by atoms with Crippen LogP contribution in [0.3, 0.4) is 0 Å². The number of aromatic amines is 1. The van der Waals surface area contributed by atoms with Gasteiger partial charge in [-0.2, -0.15) is 13.2 Å². The predicted octanol–water partition coefficient (Wildman–Crippen LogP) is 3.92. The standard InChI is InChI=1S/C17H14ClF4N5O2S/c1-8-16(30(2,28)29)27-15(25-8)14(9-3-4-11(19)10(18)5-9)26-13-7-23-12(6-24-13)17(20,21)22/h3-7,14H,1-2H3,(H,24,26)(H,25,27)/t14-/m0/s1. The van der Waals surface area contributed by atoms with E-state index in [1.165, 1.54) is 19.1 Å². The normalized spacial score (nSPS) is 13.3. The Morgan fingerprint density at radius 2 is 1.90 bits per heavy atom. The zero-order chi connectivity index (χ0) is 22.3. The van der Waals surface area contributed by atoms with Crippen molar-refractivity contribution < 1.29 is 26.0 Å². The number of sulfone groups is 1. The third-order valence-electron chi connectivity index (χ3n) is 3.99. The third-order valence-corrected chi connectivity index (χ3v) is 5.38. The van der Waals surface area contributed by atoms with Crippen LogP contribution < -0.4 is 5.32 Å². The molecule has 0 aliphatic carbocycles. The van der Waals surface area contributed by atoms with Crippen molar-refractivity contribution in [1.29, 1.82) is 0 Å². The molecule has 3 aromatic rings. The molecule has 1 aromatic carbocycles. The van der Waals surface area contributed by atoms with Gasteiger partial charge < -0.3 is 10.3 Å². The second-order valence-electron chi connectivity index (χ2n) is 6.36. The van der Waals surface area contributed by atoms with Crippen LogP contribution in [-0.4, -0.2) is 34.6 Å². The van der Waals surface area contributed by atoms with Gasteiger partial charge in [-0.25, -0.2) is 27.8 Å². The highest BCUT2D eigenvalue weighted by Gasteiger charge is 2.33. The number of aromatic nitrogens is 4. The molecule has 0 radical (unpaired) electrons. The van der Waals surface area contributed by atoms with E-state index in [0.717, 1.165) is 18.5 Å². The van der Waals surface area contributed by atoms with Crippen molar-refractivity contribution in [1.82, 2.24) is 19.9 Å². The van der Waals surface area contributed by atoms with E-state index in [2.05, 4.69) is 25.3 Å². The maximum atomic E-state index is 13.6. The van der Waals surface area contributed by atoms with Gasteiger partial charge in [0.25, 0.3) is 0 Å². The average molecular weight is 464 g/mol. The summed E-state index contributed by atoms with van der Waals surface area (Å²) in [5.74, 6) is -0.623. The molecule has 0 fully saturated rings. The minimum absolute atomic E-state index is 0.0524. The number of imidazole rings is 1. The van der Waals surface area contributed by atoms with Crippen LogP contribution in [0.1, 0.15) is 28.8 Å².